The minimum absolute atomic E-state index is 0.135. The fourth-order valence-electron chi connectivity index (χ4n) is 1.80. The number of rotatable bonds is 5. The van der Waals surface area contributed by atoms with Crippen LogP contribution in [0.15, 0.2) is 48.5 Å². The van der Waals surface area contributed by atoms with Gasteiger partial charge in [-0.25, -0.2) is 0 Å². The molecule has 0 bridgehead atoms. The Morgan fingerprint density at radius 1 is 0.864 bits per heavy atom. The molecule has 0 unspecified atom stereocenters. The van der Waals surface area contributed by atoms with Crippen LogP contribution in [0.2, 0.25) is 5.02 Å². The van der Waals surface area contributed by atoms with E-state index in [4.69, 9.17) is 11.6 Å². The van der Waals surface area contributed by atoms with Gasteiger partial charge in [0.1, 0.15) is 0 Å². The molecule has 2 aromatic carbocycles. The van der Waals surface area contributed by atoms with Crippen LogP contribution in [0, 0.1) is 0 Å². The summed E-state index contributed by atoms with van der Waals surface area (Å²) >= 11 is 5.79. The molecular formula is C16H16ClN3O2. The molecule has 2 rings (SSSR count). The number of nitrogens with one attached hydrogen (secondary N) is 3. The first kappa shape index (κ1) is 15.9. The largest absolute Gasteiger partial charge is 0.376 e. The maximum Gasteiger partial charge on any atom is 0.243 e. The molecule has 0 saturated carbocycles. The molecule has 6 heteroatoms. The summed E-state index contributed by atoms with van der Waals surface area (Å²) in [5.74, 6) is -0.300. The van der Waals surface area contributed by atoms with Gasteiger partial charge in [-0.3, -0.25) is 9.59 Å². The van der Waals surface area contributed by atoms with Gasteiger partial charge in [-0.05, 0) is 48.5 Å². The highest BCUT2D eigenvalue weighted by Gasteiger charge is 2.03. The van der Waals surface area contributed by atoms with Crippen LogP contribution in [0.5, 0.6) is 0 Å². The molecule has 0 spiro atoms. The lowest BCUT2D eigenvalue weighted by Gasteiger charge is -2.09. The number of hydrogen-bond acceptors (Lipinski definition) is 3. The average Bonchev–Trinajstić information content (AvgIpc) is 2.48. The van der Waals surface area contributed by atoms with E-state index in [1.807, 2.05) is 0 Å². The van der Waals surface area contributed by atoms with Gasteiger partial charge in [0.05, 0.1) is 6.54 Å². The Balaban J connectivity index is 1.83. The van der Waals surface area contributed by atoms with Crippen molar-refractivity contribution >= 4 is 40.5 Å². The van der Waals surface area contributed by atoms with Gasteiger partial charge in [0.2, 0.25) is 11.8 Å². The first-order valence-corrected chi connectivity index (χ1v) is 7.08. The van der Waals surface area contributed by atoms with Gasteiger partial charge in [-0.1, -0.05) is 11.6 Å². The summed E-state index contributed by atoms with van der Waals surface area (Å²) in [6, 6.07) is 14.0. The zero-order valence-electron chi connectivity index (χ0n) is 12.0. The van der Waals surface area contributed by atoms with Crippen molar-refractivity contribution in [2.45, 2.75) is 6.92 Å². The van der Waals surface area contributed by atoms with Crippen molar-refractivity contribution in [1.29, 1.82) is 0 Å². The third-order valence-corrected chi connectivity index (χ3v) is 3.04. The lowest BCUT2D eigenvalue weighted by Crippen LogP contribution is -2.21. The minimum atomic E-state index is -0.165. The molecule has 114 valence electrons. The topological polar surface area (TPSA) is 70.2 Å². The maximum absolute atomic E-state index is 11.8. The summed E-state index contributed by atoms with van der Waals surface area (Å²) in [5, 5.41) is 9.07. The minimum Gasteiger partial charge on any atom is -0.376 e. The highest BCUT2D eigenvalue weighted by atomic mass is 35.5. The van der Waals surface area contributed by atoms with Crippen molar-refractivity contribution in [2.24, 2.45) is 0 Å². The predicted octanol–water partition coefficient (Wildman–Crippen LogP) is 3.35. The molecule has 0 aliphatic rings. The SMILES string of the molecule is CC(=O)Nc1ccc(NC(=O)CNc2ccc(Cl)cc2)cc1. The number of hydrogen-bond donors (Lipinski definition) is 3. The molecule has 0 aliphatic carbocycles. The fraction of sp³-hybridized carbons (Fsp3) is 0.125. The summed E-state index contributed by atoms with van der Waals surface area (Å²) < 4.78 is 0. The van der Waals surface area contributed by atoms with Crippen molar-refractivity contribution in [2.75, 3.05) is 22.5 Å². The van der Waals surface area contributed by atoms with E-state index in [0.29, 0.717) is 16.4 Å². The first-order chi connectivity index (χ1) is 10.5. The molecule has 0 aromatic heterocycles. The van der Waals surface area contributed by atoms with Crippen LogP contribution in [0.3, 0.4) is 0 Å². The van der Waals surface area contributed by atoms with Gasteiger partial charge in [-0.2, -0.15) is 0 Å². The van der Waals surface area contributed by atoms with E-state index >= 15 is 0 Å². The summed E-state index contributed by atoms with van der Waals surface area (Å²) in [6.07, 6.45) is 0. The number of benzene rings is 2. The highest BCUT2D eigenvalue weighted by Crippen LogP contribution is 2.14. The zero-order chi connectivity index (χ0) is 15.9. The molecule has 0 atom stereocenters. The Morgan fingerprint density at radius 2 is 1.36 bits per heavy atom. The lowest BCUT2D eigenvalue weighted by atomic mass is 10.2. The van der Waals surface area contributed by atoms with E-state index in [1.54, 1.807) is 48.5 Å². The third kappa shape index (κ3) is 5.10. The molecule has 0 heterocycles. The van der Waals surface area contributed by atoms with Crippen LogP contribution in [0.4, 0.5) is 17.1 Å². The Kier molecular flexibility index (Phi) is 5.38. The number of amides is 2. The van der Waals surface area contributed by atoms with Gasteiger partial charge in [0.15, 0.2) is 0 Å². The first-order valence-electron chi connectivity index (χ1n) is 6.70. The molecule has 2 amide bonds. The molecule has 2 aromatic rings. The van der Waals surface area contributed by atoms with E-state index in [2.05, 4.69) is 16.0 Å². The highest BCUT2D eigenvalue weighted by molar-refractivity contribution is 6.30. The van der Waals surface area contributed by atoms with Crippen LogP contribution >= 0.6 is 11.6 Å². The second kappa shape index (κ2) is 7.47. The van der Waals surface area contributed by atoms with Crippen LogP contribution in [0.25, 0.3) is 0 Å². The Bertz CT molecular complexity index is 654. The predicted molar refractivity (Wildman–Crippen MR) is 89.3 cm³/mol. The quantitative estimate of drug-likeness (QED) is 0.792. The van der Waals surface area contributed by atoms with Crippen molar-refractivity contribution in [3.8, 4) is 0 Å². The number of halogens is 1. The van der Waals surface area contributed by atoms with Crippen LogP contribution in [0.1, 0.15) is 6.92 Å². The third-order valence-electron chi connectivity index (χ3n) is 2.79. The van der Waals surface area contributed by atoms with E-state index in [0.717, 1.165) is 5.69 Å². The molecule has 0 saturated heterocycles. The second-order valence-electron chi connectivity index (χ2n) is 4.67. The summed E-state index contributed by atoms with van der Waals surface area (Å²) in [7, 11) is 0. The van der Waals surface area contributed by atoms with Crippen molar-refractivity contribution in [3.63, 3.8) is 0 Å². The Morgan fingerprint density at radius 3 is 1.91 bits per heavy atom. The molecule has 0 aliphatic heterocycles. The molecule has 3 N–H and O–H groups in total. The molecule has 22 heavy (non-hydrogen) atoms. The fourth-order valence-corrected chi connectivity index (χ4v) is 1.92. The monoisotopic (exact) mass is 317 g/mol. The van der Waals surface area contributed by atoms with Gasteiger partial charge in [-0.15, -0.1) is 0 Å². The normalized spacial score (nSPS) is 9.91. The average molecular weight is 318 g/mol. The summed E-state index contributed by atoms with van der Waals surface area (Å²) in [4.78, 5) is 22.8. The molecule has 0 fully saturated rings. The van der Waals surface area contributed by atoms with E-state index in [1.165, 1.54) is 6.92 Å². The van der Waals surface area contributed by atoms with Gasteiger partial charge < -0.3 is 16.0 Å². The van der Waals surface area contributed by atoms with Gasteiger partial charge in [0, 0.05) is 29.0 Å². The number of carbonyl (C=O) groups is 2. The maximum atomic E-state index is 11.8. The van der Waals surface area contributed by atoms with E-state index < -0.39 is 0 Å². The van der Waals surface area contributed by atoms with Crippen LogP contribution in [-0.4, -0.2) is 18.4 Å². The van der Waals surface area contributed by atoms with Gasteiger partial charge in [0.25, 0.3) is 0 Å². The smallest absolute Gasteiger partial charge is 0.243 e. The van der Waals surface area contributed by atoms with Gasteiger partial charge >= 0.3 is 0 Å². The van der Waals surface area contributed by atoms with E-state index in [9.17, 15) is 9.59 Å². The van der Waals surface area contributed by atoms with Crippen molar-refractivity contribution in [3.05, 3.63) is 53.6 Å². The molecule has 5 nitrogen and oxygen atoms in total. The van der Waals surface area contributed by atoms with E-state index in [-0.39, 0.29) is 18.4 Å². The zero-order valence-corrected chi connectivity index (χ0v) is 12.8. The van der Waals surface area contributed by atoms with Crippen LogP contribution in [-0.2, 0) is 9.59 Å². The molecular weight excluding hydrogens is 302 g/mol. The Labute approximate surface area is 133 Å². The molecule has 0 radical (unpaired) electrons. The second-order valence-corrected chi connectivity index (χ2v) is 5.10. The summed E-state index contributed by atoms with van der Waals surface area (Å²) in [6.45, 7) is 1.59. The number of carbonyl (C=O) groups excluding carboxylic acids is 2. The standard InChI is InChI=1S/C16H16ClN3O2/c1-11(21)19-14-6-8-15(9-7-14)20-16(22)10-18-13-4-2-12(17)3-5-13/h2-9,18H,10H2,1H3,(H,19,21)(H,20,22). The lowest BCUT2D eigenvalue weighted by molar-refractivity contribution is -0.115. The van der Waals surface area contributed by atoms with Crippen molar-refractivity contribution < 1.29 is 9.59 Å². The Hall–Kier alpha value is -2.53. The number of anilines is 3. The van der Waals surface area contributed by atoms with Crippen molar-refractivity contribution in [1.82, 2.24) is 0 Å². The van der Waals surface area contributed by atoms with Crippen LogP contribution < -0.4 is 16.0 Å². The summed E-state index contributed by atoms with van der Waals surface area (Å²) in [5.41, 5.74) is 2.17.